The van der Waals surface area contributed by atoms with Crippen LogP contribution in [0, 0.1) is 0 Å². The molecule has 6 nitrogen and oxygen atoms in total. The Hall–Kier alpha value is -1.92. The molecule has 0 aliphatic rings. The largest absolute Gasteiger partial charge is 0.462 e. The Labute approximate surface area is 138 Å². The molecule has 0 spiro atoms. The second-order valence-corrected chi connectivity index (χ2v) is 5.94. The average Bonchev–Trinajstić information content (AvgIpc) is 2.50. The van der Waals surface area contributed by atoms with Crippen LogP contribution in [0.15, 0.2) is 24.3 Å². The lowest BCUT2D eigenvalue weighted by molar-refractivity contribution is -0.120. The highest BCUT2D eigenvalue weighted by Gasteiger charge is 2.21. The molecule has 0 aliphatic carbocycles. The Bertz CT molecular complexity index is 512. The second kappa shape index (κ2) is 9.27. The summed E-state index contributed by atoms with van der Waals surface area (Å²) in [5.41, 5.74) is 1.14. The number of amides is 1. The van der Waals surface area contributed by atoms with Crippen molar-refractivity contribution in [2.45, 2.75) is 19.4 Å². The SMILES string of the molecule is CCCOC(=O)c1ccc(NC(=O)C(CN(C)C)N(C)C)cc1. The third-order valence-electron chi connectivity index (χ3n) is 3.29. The number of rotatable bonds is 8. The molecule has 0 fully saturated rings. The van der Waals surface area contributed by atoms with Gasteiger partial charge in [0.15, 0.2) is 0 Å². The number of hydrogen-bond acceptors (Lipinski definition) is 5. The van der Waals surface area contributed by atoms with Crippen molar-refractivity contribution in [3.63, 3.8) is 0 Å². The maximum atomic E-state index is 12.4. The Balaban J connectivity index is 2.69. The van der Waals surface area contributed by atoms with Gasteiger partial charge in [0.1, 0.15) is 6.04 Å². The molecule has 1 rings (SSSR count). The van der Waals surface area contributed by atoms with E-state index >= 15 is 0 Å². The summed E-state index contributed by atoms with van der Waals surface area (Å²) in [6.45, 7) is 2.98. The summed E-state index contributed by atoms with van der Waals surface area (Å²) < 4.78 is 5.07. The molecule has 0 aromatic heterocycles. The van der Waals surface area contributed by atoms with Gasteiger partial charge in [0.25, 0.3) is 0 Å². The first-order valence-electron chi connectivity index (χ1n) is 7.74. The first-order chi connectivity index (χ1) is 10.8. The van der Waals surface area contributed by atoms with Crippen LogP contribution in [0.1, 0.15) is 23.7 Å². The fourth-order valence-corrected chi connectivity index (χ4v) is 2.02. The Morgan fingerprint density at radius 2 is 1.74 bits per heavy atom. The highest BCUT2D eigenvalue weighted by atomic mass is 16.5. The van der Waals surface area contributed by atoms with Crippen LogP contribution < -0.4 is 5.32 Å². The van der Waals surface area contributed by atoms with Crippen LogP contribution in [0.3, 0.4) is 0 Å². The van der Waals surface area contributed by atoms with Gasteiger partial charge in [-0.1, -0.05) is 6.92 Å². The number of anilines is 1. The lowest BCUT2D eigenvalue weighted by atomic mass is 10.2. The molecule has 0 saturated carbocycles. The lowest BCUT2D eigenvalue weighted by Crippen LogP contribution is -2.46. The summed E-state index contributed by atoms with van der Waals surface area (Å²) in [5.74, 6) is -0.423. The van der Waals surface area contributed by atoms with Gasteiger partial charge in [-0.3, -0.25) is 9.69 Å². The van der Waals surface area contributed by atoms with E-state index in [1.54, 1.807) is 24.3 Å². The van der Waals surface area contributed by atoms with Crippen LogP contribution in [0.25, 0.3) is 0 Å². The lowest BCUT2D eigenvalue weighted by Gasteiger charge is -2.26. The molecule has 1 N–H and O–H groups in total. The van der Waals surface area contributed by atoms with Crippen LogP contribution in [0.5, 0.6) is 0 Å². The molecular weight excluding hydrogens is 294 g/mol. The maximum Gasteiger partial charge on any atom is 0.338 e. The standard InChI is InChI=1S/C17H27N3O3/c1-6-11-23-17(22)13-7-9-14(10-8-13)18-16(21)15(20(4)5)12-19(2)3/h7-10,15H,6,11-12H2,1-5H3,(H,18,21). The summed E-state index contributed by atoms with van der Waals surface area (Å²) in [5, 5.41) is 2.88. The van der Waals surface area contributed by atoms with Crippen molar-refractivity contribution < 1.29 is 14.3 Å². The highest BCUT2D eigenvalue weighted by Crippen LogP contribution is 2.12. The molecule has 1 atom stereocenters. The van der Waals surface area contributed by atoms with Crippen molar-refractivity contribution in [3.05, 3.63) is 29.8 Å². The molecule has 1 unspecified atom stereocenters. The van der Waals surface area contributed by atoms with Gasteiger partial charge in [-0.2, -0.15) is 0 Å². The Kier molecular flexibility index (Phi) is 7.71. The van der Waals surface area contributed by atoms with E-state index in [0.29, 0.717) is 24.4 Å². The molecular formula is C17H27N3O3. The van der Waals surface area contributed by atoms with Crippen molar-refractivity contribution in [1.82, 2.24) is 9.80 Å². The van der Waals surface area contributed by atoms with Crippen molar-refractivity contribution in [2.24, 2.45) is 0 Å². The number of ether oxygens (including phenoxy) is 1. The Morgan fingerprint density at radius 1 is 1.13 bits per heavy atom. The van der Waals surface area contributed by atoms with Gasteiger partial charge in [-0.15, -0.1) is 0 Å². The number of carbonyl (C=O) groups is 2. The molecule has 0 radical (unpaired) electrons. The number of esters is 1. The molecule has 0 saturated heterocycles. The summed E-state index contributed by atoms with van der Waals surface area (Å²) in [7, 11) is 7.61. The van der Waals surface area contributed by atoms with E-state index in [-0.39, 0.29) is 17.9 Å². The Morgan fingerprint density at radius 3 is 2.22 bits per heavy atom. The summed E-state index contributed by atoms with van der Waals surface area (Å²) in [6.07, 6.45) is 0.789. The van der Waals surface area contributed by atoms with Crippen LogP contribution >= 0.6 is 0 Å². The summed E-state index contributed by atoms with van der Waals surface area (Å²) in [6, 6.07) is 6.49. The fraction of sp³-hybridized carbons (Fsp3) is 0.529. The molecule has 0 heterocycles. The molecule has 23 heavy (non-hydrogen) atoms. The minimum Gasteiger partial charge on any atom is -0.462 e. The number of benzene rings is 1. The van der Waals surface area contributed by atoms with E-state index in [0.717, 1.165) is 6.42 Å². The smallest absolute Gasteiger partial charge is 0.338 e. The normalized spacial score (nSPS) is 12.3. The summed E-state index contributed by atoms with van der Waals surface area (Å²) >= 11 is 0. The van der Waals surface area contributed by atoms with Crippen molar-refractivity contribution in [1.29, 1.82) is 0 Å². The second-order valence-electron chi connectivity index (χ2n) is 5.94. The number of hydrogen-bond donors (Lipinski definition) is 1. The topological polar surface area (TPSA) is 61.9 Å². The van der Waals surface area contributed by atoms with Gasteiger partial charge in [0.2, 0.25) is 5.91 Å². The number of carbonyl (C=O) groups excluding carboxylic acids is 2. The number of likely N-dealkylation sites (N-methyl/N-ethyl adjacent to an activating group) is 2. The summed E-state index contributed by atoms with van der Waals surface area (Å²) in [4.78, 5) is 28.0. The quantitative estimate of drug-likeness (QED) is 0.738. The van der Waals surface area contributed by atoms with E-state index in [1.165, 1.54) is 0 Å². The molecule has 1 aromatic rings. The number of nitrogens with one attached hydrogen (secondary N) is 1. The fourth-order valence-electron chi connectivity index (χ4n) is 2.02. The number of nitrogens with zero attached hydrogens (tertiary/aromatic N) is 2. The van der Waals surface area contributed by atoms with Crippen molar-refractivity contribution >= 4 is 17.6 Å². The van der Waals surface area contributed by atoms with E-state index in [2.05, 4.69) is 5.32 Å². The van der Waals surface area contributed by atoms with E-state index in [4.69, 9.17) is 4.74 Å². The van der Waals surface area contributed by atoms with Gasteiger partial charge in [-0.05, 0) is 58.9 Å². The van der Waals surface area contributed by atoms with Crippen molar-refractivity contribution in [3.8, 4) is 0 Å². The van der Waals surface area contributed by atoms with Gasteiger partial charge >= 0.3 is 5.97 Å². The van der Waals surface area contributed by atoms with E-state index in [1.807, 2.05) is 44.9 Å². The minimum atomic E-state index is -0.344. The molecule has 6 heteroatoms. The molecule has 0 aliphatic heterocycles. The predicted octanol–water partition coefficient (Wildman–Crippen LogP) is 1.68. The monoisotopic (exact) mass is 321 g/mol. The van der Waals surface area contributed by atoms with Crippen LogP contribution in [0.4, 0.5) is 5.69 Å². The average molecular weight is 321 g/mol. The van der Waals surface area contributed by atoms with Crippen LogP contribution in [-0.4, -0.2) is 69.1 Å². The van der Waals surface area contributed by atoms with Gasteiger partial charge in [0.05, 0.1) is 12.2 Å². The third-order valence-corrected chi connectivity index (χ3v) is 3.29. The predicted molar refractivity (Wildman–Crippen MR) is 91.7 cm³/mol. The molecule has 1 aromatic carbocycles. The molecule has 0 bridgehead atoms. The van der Waals surface area contributed by atoms with Gasteiger partial charge in [0, 0.05) is 12.2 Å². The minimum absolute atomic E-state index is 0.0787. The van der Waals surface area contributed by atoms with Gasteiger partial charge in [-0.25, -0.2) is 4.79 Å². The molecule has 128 valence electrons. The zero-order valence-corrected chi connectivity index (χ0v) is 14.6. The van der Waals surface area contributed by atoms with Crippen molar-refractivity contribution in [2.75, 3.05) is 46.7 Å². The molecule has 1 amide bonds. The van der Waals surface area contributed by atoms with Crippen LogP contribution in [-0.2, 0) is 9.53 Å². The first kappa shape index (κ1) is 19.1. The van der Waals surface area contributed by atoms with E-state index in [9.17, 15) is 9.59 Å². The first-order valence-corrected chi connectivity index (χ1v) is 7.74. The van der Waals surface area contributed by atoms with E-state index < -0.39 is 0 Å². The maximum absolute atomic E-state index is 12.4. The van der Waals surface area contributed by atoms with Gasteiger partial charge < -0.3 is 15.0 Å². The van der Waals surface area contributed by atoms with Crippen LogP contribution in [0.2, 0.25) is 0 Å². The zero-order valence-electron chi connectivity index (χ0n) is 14.6. The highest BCUT2D eigenvalue weighted by molar-refractivity contribution is 5.96. The third kappa shape index (κ3) is 6.38. The zero-order chi connectivity index (χ0) is 17.4.